The molecule has 0 aliphatic heterocycles. The van der Waals surface area contributed by atoms with Crippen LogP contribution in [0.3, 0.4) is 0 Å². The van der Waals surface area contributed by atoms with Crippen molar-refractivity contribution >= 4 is 17.9 Å². The minimum absolute atomic E-state index is 0.424. The number of ether oxygens (including phenoxy) is 1. The average molecular weight is 323 g/mol. The summed E-state index contributed by atoms with van der Waals surface area (Å²) in [4.78, 5) is 11.4. The first-order valence-electron chi connectivity index (χ1n) is 7.29. The van der Waals surface area contributed by atoms with E-state index in [9.17, 15) is 4.79 Å². The summed E-state index contributed by atoms with van der Waals surface area (Å²) >= 11 is 6.22. The van der Waals surface area contributed by atoms with E-state index in [1.807, 2.05) is 66.7 Å². The largest absolute Gasteiger partial charge is 0.488 e. The first-order chi connectivity index (χ1) is 11.3. The van der Waals surface area contributed by atoms with Crippen LogP contribution in [0.5, 0.6) is 5.75 Å². The second-order valence-corrected chi connectivity index (χ2v) is 5.53. The topological polar surface area (TPSA) is 26.3 Å². The van der Waals surface area contributed by atoms with Crippen LogP contribution in [0.15, 0.2) is 72.8 Å². The molecule has 0 saturated heterocycles. The second-order valence-electron chi connectivity index (χ2n) is 5.12. The van der Waals surface area contributed by atoms with E-state index in [0.717, 1.165) is 23.0 Å². The van der Waals surface area contributed by atoms with Crippen molar-refractivity contribution in [2.45, 2.75) is 6.61 Å². The van der Waals surface area contributed by atoms with Gasteiger partial charge in [-0.25, -0.2) is 0 Å². The van der Waals surface area contributed by atoms with Gasteiger partial charge in [-0.3, -0.25) is 4.79 Å². The third-order valence-corrected chi connectivity index (χ3v) is 3.89. The van der Waals surface area contributed by atoms with Crippen molar-refractivity contribution in [1.29, 1.82) is 0 Å². The molecule has 3 aromatic carbocycles. The fraction of sp³-hybridized carbons (Fsp3) is 0.0500. The van der Waals surface area contributed by atoms with Crippen LogP contribution >= 0.6 is 11.6 Å². The Kier molecular flexibility index (Phi) is 4.74. The molecule has 0 bridgehead atoms. The zero-order valence-electron chi connectivity index (χ0n) is 12.4. The van der Waals surface area contributed by atoms with E-state index in [-0.39, 0.29) is 0 Å². The highest BCUT2D eigenvalue weighted by molar-refractivity contribution is 6.33. The molecule has 0 aliphatic rings. The molecule has 0 spiro atoms. The van der Waals surface area contributed by atoms with Crippen molar-refractivity contribution in [2.75, 3.05) is 0 Å². The molecular formula is C20H15ClO2. The highest BCUT2D eigenvalue weighted by atomic mass is 35.5. The van der Waals surface area contributed by atoms with Gasteiger partial charge in [0.15, 0.2) is 6.29 Å². The number of hydrogen-bond acceptors (Lipinski definition) is 2. The zero-order valence-corrected chi connectivity index (χ0v) is 13.2. The maximum absolute atomic E-state index is 11.4. The van der Waals surface area contributed by atoms with Crippen molar-refractivity contribution < 1.29 is 9.53 Å². The second kappa shape index (κ2) is 7.12. The van der Waals surface area contributed by atoms with E-state index in [0.29, 0.717) is 22.9 Å². The van der Waals surface area contributed by atoms with Crippen LogP contribution in [0.2, 0.25) is 5.02 Å². The molecule has 3 heteroatoms. The lowest BCUT2D eigenvalue weighted by atomic mass is 10.0. The van der Waals surface area contributed by atoms with Crippen LogP contribution in [0.4, 0.5) is 0 Å². The predicted molar refractivity (Wildman–Crippen MR) is 93.0 cm³/mol. The lowest BCUT2D eigenvalue weighted by Gasteiger charge is -2.11. The molecule has 0 atom stereocenters. The molecule has 3 aromatic rings. The van der Waals surface area contributed by atoms with Gasteiger partial charge in [-0.1, -0.05) is 66.2 Å². The van der Waals surface area contributed by atoms with Gasteiger partial charge in [-0.05, 0) is 29.3 Å². The van der Waals surface area contributed by atoms with E-state index < -0.39 is 0 Å². The van der Waals surface area contributed by atoms with Crippen molar-refractivity contribution in [1.82, 2.24) is 0 Å². The molecule has 0 heterocycles. The monoisotopic (exact) mass is 322 g/mol. The van der Waals surface area contributed by atoms with Gasteiger partial charge < -0.3 is 4.74 Å². The molecule has 23 heavy (non-hydrogen) atoms. The number of benzene rings is 3. The highest BCUT2D eigenvalue weighted by Crippen LogP contribution is 2.31. The molecule has 0 fully saturated rings. The van der Waals surface area contributed by atoms with E-state index >= 15 is 0 Å². The summed E-state index contributed by atoms with van der Waals surface area (Å²) in [6.45, 7) is 0.424. The van der Waals surface area contributed by atoms with Crippen LogP contribution in [0.25, 0.3) is 11.1 Å². The predicted octanol–water partition coefficient (Wildman–Crippen LogP) is 5.40. The molecule has 0 saturated carbocycles. The summed E-state index contributed by atoms with van der Waals surface area (Å²) in [6, 6.07) is 22.9. The van der Waals surface area contributed by atoms with Crippen LogP contribution in [-0.4, -0.2) is 6.29 Å². The molecular weight excluding hydrogens is 308 g/mol. The third-order valence-electron chi connectivity index (χ3n) is 3.56. The summed E-state index contributed by atoms with van der Waals surface area (Å²) in [5, 5.41) is 0.655. The van der Waals surface area contributed by atoms with Crippen LogP contribution < -0.4 is 4.74 Å². The fourth-order valence-electron chi connectivity index (χ4n) is 2.37. The minimum atomic E-state index is 0.424. The number of hydrogen-bond donors (Lipinski definition) is 0. The van der Waals surface area contributed by atoms with E-state index in [1.54, 1.807) is 6.07 Å². The lowest BCUT2D eigenvalue weighted by Crippen LogP contribution is -1.98. The van der Waals surface area contributed by atoms with Crippen LogP contribution in [0.1, 0.15) is 15.9 Å². The van der Waals surface area contributed by atoms with Crippen molar-refractivity contribution in [3.63, 3.8) is 0 Å². The molecule has 0 aliphatic carbocycles. The van der Waals surface area contributed by atoms with Gasteiger partial charge in [-0.2, -0.15) is 0 Å². The summed E-state index contributed by atoms with van der Waals surface area (Å²) < 4.78 is 5.77. The van der Waals surface area contributed by atoms with Gasteiger partial charge in [0.1, 0.15) is 12.4 Å². The highest BCUT2D eigenvalue weighted by Gasteiger charge is 2.08. The maximum atomic E-state index is 11.4. The van der Waals surface area contributed by atoms with Crippen LogP contribution in [0, 0.1) is 0 Å². The molecule has 3 rings (SSSR count). The number of carbonyl (C=O) groups excluding carboxylic acids is 1. The summed E-state index contributed by atoms with van der Waals surface area (Å²) in [5.41, 5.74) is 3.36. The van der Waals surface area contributed by atoms with Crippen molar-refractivity contribution in [2.24, 2.45) is 0 Å². The Morgan fingerprint density at radius 2 is 1.65 bits per heavy atom. The molecule has 0 unspecified atom stereocenters. The first kappa shape index (κ1) is 15.3. The van der Waals surface area contributed by atoms with E-state index in [1.165, 1.54) is 0 Å². The molecule has 0 N–H and O–H groups in total. The molecule has 0 aromatic heterocycles. The SMILES string of the molecule is O=Cc1cc(-c2ccccc2Cl)ccc1OCc1ccccc1. The smallest absolute Gasteiger partial charge is 0.153 e. The molecule has 0 amide bonds. The van der Waals surface area contributed by atoms with Gasteiger partial charge in [0.05, 0.1) is 5.56 Å². The van der Waals surface area contributed by atoms with Crippen molar-refractivity contribution in [3.05, 3.63) is 88.9 Å². The number of aldehydes is 1. The van der Waals surface area contributed by atoms with Crippen molar-refractivity contribution in [3.8, 4) is 16.9 Å². The average Bonchev–Trinajstić information content (AvgIpc) is 2.61. The Morgan fingerprint density at radius 1 is 0.913 bits per heavy atom. The minimum Gasteiger partial charge on any atom is -0.488 e. The normalized spacial score (nSPS) is 10.3. The Balaban J connectivity index is 1.86. The Labute approximate surface area is 140 Å². The van der Waals surface area contributed by atoms with Crippen LogP contribution in [-0.2, 0) is 6.61 Å². The molecule has 2 nitrogen and oxygen atoms in total. The molecule has 0 radical (unpaired) electrons. The summed E-state index contributed by atoms with van der Waals surface area (Å²) in [5.74, 6) is 0.569. The first-order valence-corrected chi connectivity index (χ1v) is 7.66. The number of carbonyl (C=O) groups is 1. The number of halogens is 1. The lowest BCUT2D eigenvalue weighted by molar-refractivity contribution is 0.111. The fourth-order valence-corrected chi connectivity index (χ4v) is 2.62. The quantitative estimate of drug-likeness (QED) is 0.588. The van der Waals surface area contributed by atoms with Gasteiger partial charge in [0.25, 0.3) is 0 Å². The standard InChI is InChI=1S/C20H15ClO2/c21-19-9-5-4-8-18(19)16-10-11-20(17(12-16)13-22)23-14-15-6-2-1-3-7-15/h1-13H,14H2. The van der Waals surface area contributed by atoms with E-state index in [4.69, 9.17) is 16.3 Å². The maximum Gasteiger partial charge on any atom is 0.153 e. The summed E-state index contributed by atoms with van der Waals surface area (Å²) in [7, 11) is 0. The Bertz CT molecular complexity index is 813. The van der Waals surface area contributed by atoms with E-state index in [2.05, 4.69) is 0 Å². The van der Waals surface area contributed by atoms with Gasteiger partial charge in [0, 0.05) is 10.6 Å². The Hall–Kier alpha value is -2.58. The summed E-state index contributed by atoms with van der Waals surface area (Å²) in [6.07, 6.45) is 0.806. The Morgan fingerprint density at radius 3 is 2.39 bits per heavy atom. The third kappa shape index (κ3) is 3.61. The van der Waals surface area contributed by atoms with Gasteiger partial charge in [0.2, 0.25) is 0 Å². The van der Waals surface area contributed by atoms with Gasteiger partial charge >= 0.3 is 0 Å². The zero-order chi connectivity index (χ0) is 16.1. The van der Waals surface area contributed by atoms with Gasteiger partial charge in [-0.15, -0.1) is 0 Å². The number of rotatable bonds is 5. The molecule has 114 valence electrons.